The molecule has 110 valence electrons. The zero-order valence-electron chi connectivity index (χ0n) is 13.0. The molecule has 0 aromatic heterocycles. The Morgan fingerprint density at radius 2 is 1.90 bits per heavy atom. The smallest absolute Gasteiger partial charge is 0.550 e. The molecule has 5 nitrogen and oxygen atoms in total. The summed E-state index contributed by atoms with van der Waals surface area (Å²) in [6, 6.07) is 4.71. The van der Waals surface area contributed by atoms with Gasteiger partial charge in [-0.05, 0) is 43.4 Å². The maximum absolute atomic E-state index is 12.1. The van der Waals surface area contributed by atoms with Crippen molar-refractivity contribution in [3.8, 4) is 5.75 Å². The van der Waals surface area contributed by atoms with Crippen molar-refractivity contribution in [3.05, 3.63) is 23.8 Å². The number of anilines is 1. The van der Waals surface area contributed by atoms with E-state index in [1.165, 1.54) is 6.07 Å². The maximum atomic E-state index is 12.1. The van der Waals surface area contributed by atoms with Crippen LogP contribution in [0, 0.1) is 18.8 Å². The molecule has 1 atom stereocenters. The number of phenolic OH excluding ortho intramolecular Hbond substituents is 1. The molecule has 0 fully saturated rings. The normalized spacial score (nSPS) is 11.6. The van der Waals surface area contributed by atoms with Gasteiger partial charge in [-0.2, -0.15) is 0 Å². The van der Waals surface area contributed by atoms with Crippen LogP contribution in [0.25, 0.3) is 0 Å². The quantitative estimate of drug-likeness (QED) is 0.622. The van der Waals surface area contributed by atoms with Crippen LogP contribution in [-0.2, 0) is 9.59 Å². The predicted octanol–water partition coefficient (Wildman–Crippen LogP) is -1.55. The Bertz CT molecular complexity index is 482. The van der Waals surface area contributed by atoms with Crippen molar-refractivity contribution in [1.82, 2.24) is 0 Å². The Balaban J connectivity index is 0.00000400. The minimum atomic E-state index is -1.24. The second kappa shape index (κ2) is 9.07. The van der Waals surface area contributed by atoms with Gasteiger partial charge < -0.3 is 20.3 Å². The van der Waals surface area contributed by atoms with Crippen LogP contribution in [0.3, 0.4) is 0 Å². The van der Waals surface area contributed by atoms with Gasteiger partial charge in [-0.3, -0.25) is 4.79 Å². The summed E-state index contributed by atoms with van der Waals surface area (Å²) in [7, 11) is 0. The first-order valence-electron chi connectivity index (χ1n) is 6.59. The largest absolute Gasteiger partial charge is 1.00 e. The van der Waals surface area contributed by atoms with Crippen LogP contribution in [0.1, 0.15) is 32.3 Å². The number of carbonyl (C=O) groups is 2. The van der Waals surface area contributed by atoms with Crippen molar-refractivity contribution in [2.75, 3.05) is 5.32 Å². The van der Waals surface area contributed by atoms with Gasteiger partial charge in [0.25, 0.3) is 0 Å². The molecule has 2 N–H and O–H groups in total. The van der Waals surface area contributed by atoms with Crippen molar-refractivity contribution < 1.29 is 49.4 Å². The standard InChI is InChI=1S/C15H21NO4.Na/c1-9(2)4-11(7-14(18)19)15(20)16-12-5-10(3)6-13(17)8-12;/h5-6,8-9,11,17H,4,7H2,1-3H3,(H,16,20)(H,18,19);/q;+1/p-1. The SMILES string of the molecule is Cc1cc(O)cc(NC(=O)C(CC(=O)[O-])CC(C)C)c1.[Na+]. The van der Waals surface area contributed by atoms with Crippen LogP contribution in [0.4, 0.5) is 5.69 Å². The van der Waals surface area contributed by atoms with E-state index in [9.17, 15) is 19.8 Å². The molecule has 0 heterocycles. The number of aliphatic carboxylic acids is 1. The van der Waals surface area contributed by atoms with Crippen LogP contribution in [0.5, 0.6) is 5.75 Å². The van der Waals surface area contributed by atoms with Gasteiger partial charge in [0.1, 0.15) is 5.75 Å². The molecule has 0 saturated heterocycles. The first kappa shape index (κ1) is 20.0. The van der Waals surface area contributed by atoms with E-state index >= 15 is 0 Å². The molecule has 1 aromatic rings. The monoisotopic (exact) mass is 301 g/mol. The molecule has 0 aliphatic heterocycles. The molecule has 1 amide bonds. The van der Waals surface area contributed by atoms with E-state index in [1.807, 2.05) is 13.8 Å². The minimum absolute atomic E-state index is 0. The third-order valence-electron chi connectivity index (χ3n) is 2.87. The minimum Gasteiger partial charge on any atom is -0.550 e. The van der Waals surface area contributed by atoms with Crippen LogP contribution >= 0.6 is 0 Å². The number of amides is 1. The number of phenols is 1. The second-order valence-electron chi connectivity index (χ2n) is 5.45. The molecule has 0 spiro atoms. The Morgan fingerprint density at radius 1 is 1.29 bits per heavy atom. The van der Waals surface area contributed by atoms with Gasteiger partial charge in [-0.15, -0.1) is 0 Å². The van der Waals surface area contributed by atoms with Gasteiger partial charge in [0.2, 0.25) is 5.91 Å². The van der Waals surface area contributed by atoms with Crippen LogP contribution in [-0.4, -0.2) is 17.0 Å². The topological polar surface area (TPSA) is 89.5 Å². The molecular formula is C15H20NNaO4. The molecular weight excluding hydrogens is 281 g/mol. The van der Waals surface area contributed by atoms with Crippen molar-refractivity contribution in [2.45, 2.75) is 33.6 Å². The summed E-state index contributed by atoms with van der Waals surface area (Å²) >= 11 is 0. The second-order valence-corrected chi connectivity index (χ2v) is 5.45. The average Bonchev–Trinajstić information content (AvgIpc) is 2.24. The Morgan fingerprint density at radius 3 is 2.38 bits per heavy atom. The molecule has 6 heteroatoms. The number of hydrogen-bond donors (Lipinski definition) is 2. The average molecular weight is 301 g/mol. The fraction of sp³-hybridized carbons (Fsp3) is 0.467. The van der Waals surface area contributed by atoms with E-state index in [0.29, 0.717) is 12.1 Å². The number of benzene rings is 1. The number of carbonyl (C=O) groups excluding carboxylic acids is 2. The molecule has 0 saturated carbocycles. The van der Waals surface area contributed by atoms with Crippen LogP contribution in [0.2, 0.25) is 0 Å². The van der Waals surface area contributed by atoms with Crippen molar-refractivity contribution in [2.24, 2.45) is 11.8 Å². The molecule has 21 heavy (non-hydrogen) atoms. The summed E-state index contributed by atoms with van der Waals surface area (Å²) in [4.78, 5) is 22.8. The first-order chi connectivity index (χ1) is 9.27. The fourth-order valence-electron chi connectivity index (χ4n) is 2.13. The fourth-order valence-corrected chi connectivity index (χ4v) is 2.13. The summed E-state index contributed by atoms with van der Waals surface area (Å²) in [5.41, 5.74) is 1.26. The Kier molecular flexibility index (Phi) is 8.63. The van der Waals surface area contributed by atoms with Crippen LogP contribution < -0.4 is 40.0 Å². The van der Waals surface area contributed by atoms with Gasteiger partial charge in [0.05, 0.1) is 0 Å². The zero-order valence-corrected chi connectivity index (χ0v) is 15.0. The number of aryl methyl sites for hydroxylation is 1. The van der Waals surface area contributed by atoms with Gasteiger partial charge >= 0.3 is 29.6 Å². The Hall–Kier alpha value is -1.04. The molecule has 0 bridgehead atoms. The van der Waals surface area contributed by atoms with Gasteiger partial charge in [-0.25, -0.2) is 0 Å². The van der Waals surface area contributed by atoms with Crippen LogP contribution in [0.15, 0.2) is 18.2 Å². The van der Waals surface area contributed by atoms with E-state index in [1.54, 1.807) is 19.1 Å². The number of carboxylic acids is 1. The van der Waals surface area contributed by atoms with Gasteiger partial charge in [0.15, 0.2) is 0 Å². The summed E-state index contributed by atoms with van der Waals surface area (Å²) in [6.07, 6.45) is 0.166. The number of carboxylic acid groups (broad SMARTS) is 1. The van der Waals surface area contributed by atoms with Gasteiger partial charge in [0, 0.05) is 23.6 Å². The summed E-state index contributed by atoms with van der Waals surface area (Å²) in [6.45, 7) is 5.64. The first-order valence-corrected chi connectivity index (χ1v) is 6.59. The molecule has 0 aliphatic rings. The zero-order chi connectivity index (χ0) is 15.3. The summed E-state index contributed by atoms with van der Waals surface area (Å²) in [5.74, 6) is -1.98. The molecule has 1 unspecified atom stereocenters. The number of nitrogens with one attached hydrogen (secondary N) is 1. The number of hydrogen-bond acceptors (Lipinski definition) is 4. The summed E-state index contributed by atoms with van der Waals surface area (Å²) in [5, 5.41) is 22.9. The molecule has 1 rings (SSSR count). The van der Waals surface area contributed by atoms with E-state index < -0.39 is 11.9 Å². The third-order valence-corrected chi connectivity index (χ3v) is 2.87. The molecule has 1 aromatic carbocycles. The maximum Gasteiger partial charge on any atom is 1.00 e. The number of rotatable bonds is 6. The third kappa shape index (κ3) is 7.50. The molecule has 0 aliphatic carbocycles. The van der Waals surface area contributed by atoms with E-state index in [2.05, 4.69) is 5.32 Å². The van der Waals surface area contributed by atoms with Crippen molar-refractivity contribution >= 4 is 17.6 Å². The van der Waals surface area contributed by atoms with Gasteiger partial charge in [-0.1, -0.05) is 13.8 Å². The van der Waals surface area contributed by atoms with Crippen molar-refractivity contribution in [3.63, 3.8) is 0 Å². The number of aromatic hydroxyl groups is 1. The predicted molar refractivity (Wildman–Crippen MR) is 74.0 cm³/mol. The van der Waals surface area contributed by atoms with Crippen molar-refractivity contribution in [1.29, 1.82) is 0 Å². The summed E-state index contributed by atoms with van der Waals surface area (Å²) < 4.78 is 0. The Labute approximate surface area is 147 Å². The molecule has 0 radical (unpaired) electrons. The van der Waals surface area contributed by atoms with E-state index in [-0.39, 0.29) is 53.6 Å². The van der Waals surface area contributed by atoms with E-state index in [0.717, 1.165) is 5.56 Å². The van der Waals surface area contributed by atoms with E-state index in [4.69, 9.17) is 0 Å².